The predicted octanol–water partition coefficient (Wildman–Crippen LogP) is 2.61. The fraction of sp³-hybridized carbons (Fsp3) is 0.167. The number of nitrogens with two attached hydrogens (primary N) is 1. The quantitative estimate of drug-likeness (QED) is 0.801. The Balaban J connectivity index is 2.26. The lowest BCUT2D eigenvalue weighted by Crippen LogP contribution is -2.15. The van der Waals surface area contributed by atoms with Crippen molar-refractivity contribution in [1.29, 1.82) is 0 Å². The molecular weight excluding hydrogens is 340 g/mol. The van der Waals surface area contributed by atoms with Crippen molar-refractivity contribution in [3.05, 3.63) is 59.2 Å². The largest absolute Gasteiger partial charge is 0.496 e. The molecular formula is C18H20N2O4S. The smallest absolute Gasteiger partial charge is 0.248 e. The van der Waals surface area contributed by atoms with Gasteiger partial charge >= 0.3 is 0 Å². The third-order valence-corrected chi connectivity index (χ3v) is 4.67. The Morgan fingerprint density at radius 2 is 1.88 bits per heavy atom. The first kappa shape index (κ1) is 18.7. The number of rotatable bonds is 5. The molecule has 0 bridgehead atoms. The van der Waals surface area contributed by atoms with E-state index in [1.54, 1.807) is 33.1 Å². The van der Waals surface area contributed by atoms with Crippen LogP contribution in [0.4, 0.5) is 5.69 Å². The molecule has 0 unspecified atom stereocenters. The summed E-state index contributed by atoms with van der Waals surface area (Å²) in [5, 5.41) is 7.86. The van der Waals surface area contributed by atoms with Crippen molar-refractivity contribution in [2.24, 2.45) is 5.14 Å². The highest BCUT2D eigenvalue weighted by Gasteiger charge is 2.13. The number of benzene rings is 2. The molecule has 0 saturated carbocycles. The number of nitrogens with one attached hydrogen (secondary N) is 1. The first-order chi connectivity index (χ1) is 11.7. The van der Waals surface area contributed by atoms with E-state index in [2.05, 4.69) is 5.32 Å². The van der Waals surface area contributed by atoms with Crippen LogP contribution in [0.3, 0.4) is 0 Å². The molecule has 1 amide bonds. The van der Waals surface area contributed by atoms with Gasteiger partial charge in [-0.3, -0.25) is 4.79 Å². The van der Waals surface area contributed by atoms with Crippen LogP contribution < -0.4 is 15.2 Å². The van der Waals surface area contributed by atoms with Gasteiger partial charge < -0.3 is 10.1 Å². The van der Waals surface area contributed by atoms with E-state index < -0.39 is 10.0 Å². The average molecular weight is 360 g/mol. The summed E-state index contributed by atoms with van der Waals surface area (Å²) in [6, 6.07) is 10.1. The van der Waals surface area contributed by atoms with Crippen LogP contribution in [0, 0.1) is 13.8 Å². The Kier molecular flexibility index (Phi) is 5.61. The van der Waals surface area contributed by atoms with Crippen molar-refractivity contribution in [2.75, 3.05) is 12.4 Å². The highest BCUT2D eigenvalue weighted by molar-refractivity contribution is 7.89. The second kappa shape index (κ2) is 7.50. The van der Waals surface area contributed by atoms with Crippen LogP contribution in [0.15, 0.2) is 47.4 Å². The molecule has 0 fully saturated rings. The van der Waals surface area contributed by atoms with E-state index in [1.165, 1.54) is 18.2 Å². The topological polar surface area (TPSA) is 98.5 Å². The van der Waals surface area contributed by atoms with Crippen LogP contribution in [0.25, 0.3) is 6.08 Å². The summed E-state index contributed by atoms with van der Waals surface area (Å²) in [6.45, 7) is 3.55. The number of aryl methyl sites for hydroxylation is 1. The van der Waals surface area contributed by atoms with E-state index in [1.807, 2.05) is 18.2 Å². The summed E-state index contributed by atoms with van der Waals surface area (Å²) in [5.41, 5.74) is 2.65. The standard InChI is InChI=1S/C18H20N2O4S/c1-12-10-15(25(19,22)23)11-16(13(12)2)20-18(21)9-8-14-6-4-5-7-17(14)24-3/h4-11H,1-3H3,(H,20,21)(H2,19,22,23)/b9-8+. The van der Waals surface area contributed by atoms with Gasteiger partial charge in [-0.2, -0.15) is 0 Å². The molecule has 2 rings (SSSR count). The molecule has 0 spiro atoms. The van der Waals surface area contributed by atoms with E-state index in [0.717, 1.165) is 16.7 Å². The molecule has 2 aromatic rings. The van der Waals surface area contributed by atoms with E-state index >= 15 is 0 Å². The van der Waals surface area contributed by atoms with Gasteiger partial charge in [-0.15, -0.1) is 0 Å². The number of hydrogen-bond acceptors (Lipinski definition) is 4. The molecule has 0 aromatic heterocycles. The van der Waals surface area contributed by atoms with E-state index in [0.29, 0.717) is 11.4 Å². The number of carbonyl (C=O) groups excluding carboxylic acids is 1. The molecule has 6 nitrogen and oxygen atoms in total. The summed E-state index contributed by atoms with van der Waals surface area (Å²) in [7, 11) is -2.30. The molecule has 7 heteroatoms. The van der Waals surface area contributed by atoms with Crippen molar-refractivity contribution in [2.45, 2.75) is 18.7 Å². The molecule has 0 saturated heterocycles. The van der Waals surface area contributed by atoms with Gasteiger partial charge in [0.1, 0.15) is 5.75 Å². The SMILES string of the molecule is COc1ccccc1/C=C/C(=O)Nc1cc(S(N)(=O)=O)cc(C)c1C. The van der Waals surface area contributed by atoms with Crippen molar-refractivity contribution in [3.8, 4) is 5.75 Å². The molecule has 0 heterocycles. The second-order valence-corrected chi connectivity index (χ2v) is 7.08. The molecule has 132 valence electrons. The van der Waals surface area contributed by atoms with Crippen LogP contribution in [0.1, 0.15) is 16.7 Å². The highest BCUT2D eigenvalue weighted by Crippen LogP contribution is 2.24. The number of ether oxygens (including phenoxy) is 1. The number of sulfonamides is 1. The van der Waals surface area contributed by atoms with Crippen LogP contribution in [0.2, 0.25) is 0 Å². The minimum Gasteiger partial charge on any atom is -0.496 e. The zero-order chi connectivity index (χ0) is 18.6. The second-order valence-electron chi connectivity index (χ2n) is 5.52. The Hall–Kier alpha value is -2.64. The summed E-state index contributed by atoms with van der Waals surface area (Å²) in [5.74, 6) is 0.259. The number of amides is 1. The van der Waals surface area contributed by atoms with Gasteiger partial charge in [0.05, 0.1) is 12.0 Å². The maximum atomic E-state index is 12.2. The van der Waals surface area contributed by atoms with Gasteiger partial charge in [-0.25, -0.2) is 13.6 Å². The van der Waals surface area contributed by atoms with Crippen LogP contribution in [-0.2, 0) is 14.8 Å². The molecule has 25 heavy (non-hydrogen) atoms. The number of methoxy groups -OCH3 is 1. The fourth-order valence-electron chi connectivity index (χ4n) is 2.26. The maximum Gasteiger partial charge on any atom is 0.248 e. The lowest BCUT2D eigenvalue weighted by molar-refractivity contribution is -0.111. The van der Waals surface area contributed by atoms with Gasteiger partial charge in [0, 0.05) is 17.3 Å². The molecule has 0 aliphatic carbocycles. The van der Waals surface area contributed by atoms with Gasteiger partial charge in [0.2, 0.25) is 15.9 Å². The molecule has 3 N–H and O–H groups in total. The summed E-state index contributed by atoms with van der Waals surface area (Å²) in [6.07, 6.45) is 2.98. The minimum atomic E-state index is -3.85. The van der Waals surface area contributed by atoms with Crippen LogP contribution >= 0.6 is 0 Å². The lowest BCUT2D eigenvalue weighted by atomic mass is 10.1. The number of anilines is 1. The molecule has 0 aliphatic rings. The predicted molar refractivity (Wildman–Crippen MR) is 97.9 cm³/mol. The average Bonchev–Trinajstić information content (AvgIpc) is 2.56. The van der Waals surface area contributed by atoms with Gasteiger partial charge in [0.15, 0.2) is 0 Å². The Morgan fingerprint density at radius 3 is 2.52 bits per heavy atom. The molecule has 0 atom stereocenters. The van der Waals surface area contributed by atoms with Gasteiger partial charge in [-0.05, 0) is 49.2 Å². The first-order valence-electron chi connectivity index (χ1n) is 7.48. The van der Waals surface area contributed by atoms with Crippen molar-refractivity contribution in [3.63, 3.8) is 0 Å². The first-order valence-corrected chi connectivity index (χ1v) is 9.03. The zero-order valence-electron chi connectivity index (χ0n) is 14.2. The van der Waals surface area contributed by atoms with Crippen molar-refractivity contribution in [1.82, 2.24) is 0 Å². The Morgan fingerprint density at radius 1 is 1.20 bits per heavy atom. The van der Waals surface area contributed by atoms with E-state index in [9.17, 15) is 13.2 Å². The lowest BCUT2D eigenvalue weighted by Gasteiger charge is -2.11. The third kappa shape index (κ3) is 4.68. The van der Waals surface area contributed by atoms with E-state index in [-0.39, 0.29) is 10.8 Å². The Bertz CT molecular complexity index is 934. The van der Waals surface area contributed by atoms with Gasteiger partial charge in [0.25, 0.3) is 0 Å². The normalized spacial score (nSPS) is 11.5. The molecule has 0 aliphatic heterocycles. The summed E-state index contributed by atoms with van der Waals surface area (Å²) < 4.78 is 28.3. The van der Waals surface area contributed by atoms with Crippen LogP contribution in [0.5, 0.6) is 5.75 Å². The molecule has 0 radical (unpaired) electrons. The summed E-state index contributed by atoms with van der Waals surface area (Å²) in [4.78, 5) is 12.1. The van der Waals surface area contributed by atoms with E-state index in [4.69, 9.17) is 9.88 Å². The molecule has 2 aromatic carbocycles. The number of carbonyl (C=O) groups is 1. The maximum absolute atomic E-state index is 12.2. The summed E-state index contributed by atoms with van der Waals surface area (Å²) >= 11 is 0. The number of para-hydroxylation sites is 1. The fourth-order valence-corrected chi connectivity index (χ4v) is 2.89. The van der Waals surface area contributed by atoms with Crippen LogP contribution in [-0.4, -0.2) is 21.4 Å². The van der Waals surface area contributed by atoms with Crippen molar-refractivity contribution >= 4 is 27.7 Å². The monoisotopic (exact) mass is 360 g/mol. The Labute approximate surface area is 147 Å². The number of hydrogen-bond donors (Lipinski definition) is 2. The minimum absolute atomic E-state index is 0.0420. The highest BCUT2D eigenvalue weighted by atomic mass is 32.2. The van der Waals surface area contributed by atoms with Crippen molar-refractivity contribution < 1.29 is 17.9 Å². The van der Waals surface area contributed by atoms with Gasteiger partial charge in [-0.1, -0.05) is 18.2 Å². The number of primary sulfonamides is 1. The zero-order valence-corrected chi connectivity index (χ0v) is 15.1. The third-order valence-electron chi connectivity index (χ3n) is 3.78.